The molecule has 19 heavy (non-hydrogen) atoms. The Bertz CT molecular complexity index is 563. The Labute approximate surface area is 114 Å². The van der Waals surface area contributed by atoms with Crippen molar-refractivity contribution in [1.29, 1.82) is 0 Å². The van der Waals surface area contributed by atoms with E-state index in [9.17, 15) is 13.2 Å². The number of carbonyl (C=O) groups excluding carboxylic acids is 1. The Balaban J connectivity index is 2.09. The fraction of sp³-hybridized carbons (Fsp3) is 0.786. The minimum absolute atomic E-state index is 0.0235. The third kappa shape index (κ3) is 1.40. The molecule has 2 saturated carbocycles. The van der Waals surface area contributed by atoms with Crippen molar-refractivity contribution in [2.45, 2.75) is 46.1 Å². The maximum Gasteiger partial charge on any atom is 0.259 e. The highest BCUT2D eigenvalue weighted by Crippen LogP contribution is 2.69. The number of rotatable bonds is 1. The normalized spacial score (nSPS) is 41.9. The van der Waals surface area contributed by atoms with Crippen LogP contribution in [0.1, 0.15) is 40.0 Å². The summed E-state index contributed by atoms with van der Waals surface area (Å²) in [6.45, 7) is 6.11. The van der Waals surface area contributed by atoms with Crippen molar-refractivity contribution in [3.8, 4) is 0 Å². The summed E-state index contributed by atoms with van der Waals surface area (Å²) in [5.74, 6) is 0.332. The first-order chi connectivity index (χ1) is 8.76. The zero-order valence-electron chi connectivity index (χ0n) is 11.7. The molecule has 3 aliphatic rings. The van der Waals surface area contributed by atoms with Crippen molar-refractivity contribution in [3.05, 3.63) is 12.2 Å². The summed E-state index contributed by atoms with van der Waals surface area (Å²) in [6.07, 6.45) is 5.87. The second-order valence-electron chi connectivity index (χ2n) is 6.76. The van der Waals surface area contributed by atoms with Crippen LogP contribution < -0.4 is 0 Å². The van der Waals surface area contributed by atoms with Crippen molar-refractivity contribution in [1.82, 2.24) is 4.31 Å². The monoisotopic (exact) mass is 283 g/mol. The van der Waals surface area contributed by atoms with Crippen LogP contribution in [0, 0.1) is 16.7 Å². The van der Waals surface area contributed by atoms with Gasteiger partial charge in [0, 0.05) is 5.41 Å². The third-order valence-electron chi connectivity index (χ3n) is 5.94. The van der Waals surface area contributed by atoms with E-state index in [1.54, 1.807) is 13.0 Å². The molecule has 2 bridgehead atoms. The highest BCUT2D eigenvalue weighted by Gasteiger charge is 2.72. The summed E-state index contributed by atoms with van der Waals surface area (Å²) in [5, 5.41) is 0. The van der Waals surface area contributed by atoms with Crippen LogP contribution in [0.25, 0.3) is 0 Å². The number of hydrogen-bond donors (Lipinski definition) is 0. The lowest BCUT2D eigenvalue weighted by Gasteiger charge is -2.36. The molecule has 0 aromatic rings. The van der Waals surface area contributed by atoms with Gasteiger partial charge >= 0.3 is 0 Å². The van der Waals surface area contributed by atoms with Crippen LogP contribution in [0.4, 0.5) is 0 Å². The van der Waals surface area contributed by atoms with E-state index in [0.29, 0.717) is 5.92 Å². The molecule has 0 aromatic carbocycles. The minimum atomic E-state index is -3.45. The maximum atomic E-state index is 12.4. The molecule has 3 fully saturated rings. The molecule has 3 rings (SSSR count). The Morgan fingerprint density at radius 3 is 2.63 bits per heavy atom. The molecule has 1 aliphatic heterocycles. The van der Waals surface area contributed by atoms with Crippen LogP contribution in [0.2, 0.25) is 0 Å². The van der Waals surface area contributed by atoms with E-state index in [-0.39, 0.29) is 28.5 Å². The number of amides is 1. The molecule has 5 heteroatoms. The van der Waals surface area contributed by atoms with E-state index < -0.39 is 10.0 Å². The lowest BCUT2D eigenvalue weighted by atomic mass is 9.69. The zero-order valence-corrected chi connectivity index (χ0v) is 12.5. The lowest BCUT2D eigenvalue weighted by Crippen LogP contribution is -2.43. The third-order valence-corrected chi connectivity index (χ3v) is 7.85. The van der Waals surface area contributed by atoms with Gasteiger partial charge in [0.25, 0.3) is 5.91 Å². The van der Waals surface area contributed by atoms with Crippen molar-refractivity contribution in [3.63, 3.8) is 0 Å². The first-order valence-corrected chi connectivity index (χ1v) is 8.56. The van der Waals surface area contributed by atoms with Crippen LogP contribution in [0.3, 0.4) is 0 Å². The Kier molecular flexibility index (Phi) is 2.51. The molecule has 3 atom stereocenters. The Morgan fingerprint density at radius 1 is 1.37 bits per heavy atom. The molecule has 2 aliphatic carbocycles. The standard InChI is InChI=1S/C14H21NO3S/c1-4-5-12(16)15-11-8-10-6-7-14(11,13(10,2)3)9-19(15,17)18/h4-5,10-11H,6-9H2,1-3H3/t10-,11-,14-/m0/s1. The summed E-state index contributed by atoms with van der Waals surface area (Å²) in [4.78, 5) is 12.1. The molecule has 0 N–H and O–H groups in total. The largest absolute Gasteiger partial charge is 0.269 e. The van der Waals surface area contributed by atoms with Gasteiger partial charge in [-0.2, -0.15) is 0 Å². The Morgan fingerprint density at radius 2 is 2.05 bits per heavy atom. The molecule has 1 amide bonds. The van der Waals surface area contributed by atoms with Crippen molar-refractivity contribution >= 4 is 15.9 Å². The fourth-order valence-electron chi connectivity index (χ4n) is 4.80. The quantitative estimate of drug-likeness (QED) is 0.691. The van der Waals surface area contributed by atoms with Gasteiger partial charge in [0.05, 0.1) is 11.8 Å². The molecule has 1 heterocycles. The van der Waals surface area contributed by atoms with Gasteiger partial charge in [-0.3, -0.25) is 4.79 Å². The van der Waals surface area contributed by atoms with Gasteiger partial charge in [-0.25, -0.2) is 12.7 Å². The first-order valence-electron chi connectivity index (χ1n) is 6.95. The second-order valence-corrected chi connectivity index (χ2v) is 8.60. The molecular weight excluding hydrogens is 262 g/mol. The molecule has 0 aromatic heterocycles. The molecule has 4 nitrogen and oxygen atoms in total. The van der Waals surface area contributed by atoms with Gasteiger partial charge in [-0.05, 0) is 43.6 Å². The fourth-order valence-corrected chi connectivity index (χ4v) is 7.30. The first kappa shape index (κ1) is 13.2. The summed E-state index contributed by atoms with van der Waals surface area (Å²) < 4.78 is 26.1. The minimum Gasteiger partial charge on any atom is -0.269 e. The number of sulfonamides is 1. The highest BCUT2D eigenvalue weighted by atomic mass is 32.2. The molecule has 0 unspecified atom stereocenters. The molecule has 1 saturated heterocycles. The SMILES string of the molecule is CC=CC(=O)N1[C@H]2C[C@@H]3CC[C@@]2(CS1(=O)=O)C3(C)C. The molecule has 106 valence electrons. The van der Waals surface area contributed by atoms with E-state index in [0.717, 1.165) is 19.3 Å². The summed E-state index contributed by atoms with van der Waals surface area (Å²) in [7, 11) is -3.45. The smallest absolute Gasteiger partial charge is 0.259 e. The number of fused-ring (bicyclic) bond motifs is 1. The van der Waals surface area contributed by atoms with Gasteiger partial charge in [0.2, 0.25) is 10.0 Å². The second kappa shape index (κ2) is 3.62. The lowest BCUT2D eigenvalue weighted by molar-refractivity contribution is -0.124. The van der Waals surface area contributed by atoms with Crippen LogP contribution in [-0.4, -0.2) is 30.4 Å². The predicted octanol–water partition coefficient (Wildman–Crippen LogP) is 1.93. The number of nitrogens with zero attached hydrogens (tertiary/aromatic N) is 1. The van der Waals surface area contributed by atoms with Crippen molar-refractivity contribution < 1.29 is 13.2 Å². The summed E-state index contributed by atoms with van der Waals surface area (Å²) >= 11 is 0. The number of hydrogen-bond acceptors (Lipinski definition) is 3. The van der Waals surface area contributed by atoms with Gasteiger partial charge in [-0.15, -0.1) is 0 Å². The summed E-state index contributed by atoms with van der Waals surface area (Å²) in [6, 6.07) is -0.116. The van der Waals surface area contributed by atoms with Crippen LogP contribution in [0.15, 0.2) is 12.2 Å². The molecular formula is C14H21NO3S. The average Bonchev–Trinajstić information content (AvgIpc) is 2.75. The topological polar surface area (TPSA) is 54.5 Å². The van der Waals surface area contributed by atoms with E-state index in [1.165, 1.54) is 10.4 Å². The van der Waals surface area contributed by atoms with E-state index in [4.69, 9.17) is 0 Å². The van der Waals surface area contributed by atoms with Crippen LogP contribution >= 0.6 is 0 Å². The zero-order chi connectivity index (χ0) is 14.1. The summed E-state index contributed by atoms with van der Waals surface area (Å²) in [5.41, 5.74) is -0.191. The van der Waals surface area contributed by atoms with E-state index in [1.807, 2.05) is 0 Å². The number of carbonyl (C=O) groups is 1. The Hall–Kier alpha value is -0.840. The highest BCUT2D eigenvalue weighted by molar-refractivity contribution is 7.90. The molecule has 0 radical (unpaired) electrons. The van der Waals surface area contributed by atoms with Gasteiger partial charge < -0.3 is 0 Å². The predicted molar refractivity (Wildman–Crippen MR) is 72.8 cm³/mol. The van der Waals surface area contributed by atoms with Gasteiger partial charge in [0.1, 0.15) is 0 Å². The number of allylic oxidation sites excluding steroid dienone is 1. The van der Waals surface area contributed by atoms with Gasteiger partial charge in [-0.1, -0.05) is 19.9 Å². The van der Waals surface area contributed by atoms with E-state index in [2.05, 4.69) is 13.8 Å². The maximum absolute atomic E-state index is 12.4. The van der Waals surface area contributed by atoms with Crippen molar-refractivity contribution in [2.75, 3.05) is 5.75 Å². The average molecular weight is 283 g/mol. The van der Waals surface area contributed by atoms with Crippen LogP contribution in [-0.2, 0) is 14.8 Å². The van der Waals surface area contributed by atoms with Crippen LogP contribution in [0.5, 0.6) is 0 Å². The van der Waals surface area contributed by atoms with Crippen molar-refractivity contribution in [2.24, 2.45) is 16.7 Å². The van der Waals surface area contributed by atoms with Gasteiger partial charge in [0.15, 0.2) is 0 Å². The molecule has 1 spiro atoms. The van der Waals surface area contributed by atoms with E-state index >= 15 is 0 Å².